The zero-order valence-corrected chi connectivity index (χ0v) is 7.28. The molecule has 0 saturated carbocycles. The standard InChI is InChI=1S/C7H5Cl2NO/c1-4-2-10-3-5(8)6(4)7(9)11/h2-3H,1H3. The van der Waals surface area contributed by atoms with E-state index in [9.17, 15) is 4.79 Å². The van der Waals surface area contributed by atoms with E-state index in [1.807, 2.05) is 0 Å². The first-order valence-corrected chi connectivity index (χ1v) is 3.68. The molecular formula is C7H5Cl2NO. The van der Waals surface area contributed by atoms with Crippen LogP contribution in [0.15, 0.2) is 12.4 Å². The maximum Gasteiger partial charge on any atom is 0.254 e. The predicted octanol–water partition coefficient (Wildman–Crippen LogP) is 2.42. The van der Waals surface area contributed by atoms with Crippen LogP contribution in [0.25, 0.3) is 0 Å². The summed E-state index contributed by atoms with van der Waals surface area (Å²) in [4.78, 5) is 14.5. The van der Waals surface area contributed by atoms with E-state index in [2.05, 4.69) is 4.98 Å². The quantitative estimate of drug-likeness (QED) is 0.636. The van der Waals surface area contributed by atoms with Gasteiger partial charge in [-0.15, -0.1) is 0 Å². The summed E-state index contributed by atoms with van der Waals surface area (Å²) in [6, 6.07) is 0. The highest BCUT2D eigenvalue weighted by Crippen LogP contribution is 2.19. The fraction of sp³-hybridized carbons (Fsp3) is 0.143. The van der Waals surface area contributed by atoms with Crippen LogP contribution in [0.5, 0.6) is 0 Å². The number of rotatable bonds is 1. The van der Waals surface area contributed by atoms with E-state index in [-0.39, 0.29) is 0 Å². The molecule has 0 spiro atoms. The van der Waals surface area contributed by atoms with Crippen LogP contribution in [0.1, 0.15) is 15.9 Å². The minimum atomic E-state index is -0.546. The molecule has 0 saturated heterocycles. The van der Waals surface area contributed by atoms with Gasteiger partial charge in [0.25, 0.3) is 5.24 Å². The Bertz CT molecular complexity index is 278. The first-order valence-electron chi connectivity index (χ1n) is 2.93. The average Bonchev–Trinajstić information content (AvgIpc) is 1.85. The summed E-state index contributed by atoms with van der Waals surface area (Å²) in [6.45, 7) is 1.73. The van der Waals surface area contributed by atoms with Crippen molar-refractivity contribution < 1.29 is 4.79 Å². The third-order valence-corrected chi connectivity index (χ3v) is 1.76. The van der Waals surface area contributed by atoms with Crippen molar-refractivity contribution in [2.75, 3.05) is 0 Å². The summed E-state index contributed by atoms with van der Waals surface area (Å²) in [5.41, 5.74) is 1.03. The van der Waals surface area contributed by atoms with Gasteiger partial charge in [-0.25, -0.2) is 0 Å². The molecule has 0 aliphatic heterocycles. The van der Waals surface area contributed by atoms with Crippen LogP contribution in [0.3, 0.4) is 0 Å². The van der Waals surface area contributed by atoms with Gasteiger partial charge in [0, 0.05) is 12.4 Å². The van der Waals surface area contributed by atoms with Crippen molar-refractivity contribution in [3.8, 4) is 0 Å². The Labute approximate surface area is 74.1 Å². The van der Waals surface area contributed by atoms with Crippen LogP contribution in [0.4, 0.5) is 0 Å². The summed E-state index contributed by atoms with van der Waals surface area (Å²) in [5, 5.41) is -0.250. The van der Waals surface area contributed by atoms with Crippen LogP contribution in [0, 0.1) is 6.92 Å². The first kappa shape index (κ1) is 8.50. The van der Waals surface area contributed by atoms with E-state index in [0.717, 1.165) is 0 Å². The minimum absolute atomic E-state index is 0.296. The van der Waals surface area contributed by atoms with Crippen LogP contribution >= 0.6 is 23.2 Å². The second-order valence-corrected chi connectivity index (χ2v) is 2.84. The molecule has 2 nitrogen and oxygen atoms in total. The Balaban J connectivity index is 3.32. The van der Waals surface area contributed by atoms with Crippen LogP contribution < -0.4 is 0 Å². The average molecular weight is 190 g/mol. The van der Waals surface area contributed by atoms with Gasteiger partial charge in [0.2, 0.25) is 0 Å². The lowest BCUT2D eigenvalue weighted by atomic mass is 10.2. The highest BCUT2D eigenvalue weighted by Gasteiger charge is 2.09. The first-order chi connectivity index (χ1) is 5.13. The summed E-state index contributed by atoms with van der Waals surface area (Å²) in [5.74, 6) is 0. The van der Waals surface area contributed by atoms with Crippen molar-refractivity contribution >= 4 is 28.4 Å². The van der Waals surface area contributed by atoms with Gasteiger partial charge < -0.3 is 0 Å². The minimum Gasteiger partial charge on any atom is -0.276 e. The molecule has 0 amide bonds. The van der Waals surface area contributed by atoms with Crippen molar-refractivity contribution in [2.45, 2.75) is 6.92 Å². The van der Waals surface area contributed by atoms with E-state index in [1.54, 1.807) is 13.1 Å². The predicted molar refractivity (Wildman–Crippen MR) is 44.2 cm³/mol. The lowest BCUT2D eigenvalue weighted by Crippen LogP contribution is -1.95. The molecule has 4 heteroatoms. The van der Waals surface area contributed by atoms with Crippen molar-refractivity contribution in [2.24, 2.45) is 0 Å². The topological polar surface area (TPSA) is 30.0 Å². The zero-order chi connectivity index (χ0) is 8.43. The van der Waals surface area contributed by atoms with Gasteiger partial charge in [0.15, 0.2) is 0 Å². The van der Waals surface area contributed by atoms with Crippen LogP contribution in [-0.4, -0.2) is 10.2 Å². The lowest BCUT2D eigenvalue weighted by Gasteiger charge is -1.99. The van der Waals surface area contributed by atoms with E-state index < -0.39 is 5.24 Å². The normalized spacial score (nSPS) is 9.73. The molecule has 11 heavy (non-hydrogen) atoms. The summed E-state index contributed by atoms with van der Waals surface area (Å²) in [6.07, 6.45) is 2.94. The van der Waals surface area contributed by atoms with Crippen molar-refractivity contribution in [1.82, 2.24) is 4.98 Å². The summed E-state index contributed by atoms with van der Waals surface area (Å²) in [7, 11) is 0. The van der Waals surface area contributed by atoms with E-state index in [4.69, 9.17) is 23.2 Å². The van der Waals surface area contributed by atoms with E-state index >= 15 is 0 Å². The summed E-state index contributed by atoms with van der Waals surface area (Å²) < 4.78 is 0. The van der Waals surface area contributed by atoms with Gasteiger partial charge in [-0.3, -0.25) is 9.78 Å². The number of halogens is 2. The van der Waals surface area contributed by atoms with Crippen molar-refractivity contribution in [3.63, 3.8) is 0 Å². The number of pyridine rings is 1. The molecule has 1 rings (SSSR count). The molecule has 1 aromatic rings. The zero-order valence-electron chi connectivity index (χ0n) is 5.77. The third kappa shape index (κ3) is 1.70. The Hall–Kier alpha value is -0.600. The van der Waals surface area contributed by atoms with Crippen molar-refractivity contribution in [3.05, 3.63) is 28.5 Å². The molecule has 0 aliphatic carbocycles. The summed E-state index contributed by atoms with van der Waals surface area (Å²) >= 11 is 10.9. The van der Waals surface area contributed by atoms with Gasteiger partial charge in [0.05, 0.1) is 10.6 Å². The molecule has 0 unspecified atom stereocenters. The number of carbonyl (C=O) groups excluding carboxylic acids is 1. The smallest absolute Gasteiger partial charge is 0.254 e. The molecule has 0 atom stereocenters. The Morgan fingerprint density at radius 2 is 2.18 bits per heavy atom. The Kier molecular flexibility index (Phi) is 2.47. The Morgan fingerprint density at radius 3 is 2.55 bits per heavy atom. The van der Waals surface area contributed by atoms with Gasteiger partial charge >= 0.3 is 0 Å². The highest BCUT2D eigenvalue weighted by molar-refractivity contribution is 6.69. The number of carbonyl (C=O) groups is 1. The molecule has 0 bridgehead atoms. The molecule has 1 aromatic heterocycles. The number of hydrogen-bond acceptors (Lipinski definition) is 2. The molecule has 0 radical (unpaired) electrons. The van der Waals surface area contributed by atoms with Gasteiger partial charge in [-0.2, -0.15) is 0 Å². The van der Waals surface area contributed by atoms with Crippen LogP contribution in [-0.2, 0) is 0 Å². The highest BCUT2D eigenvalue weighted by atomic mass is 35.5. The molecule has 1 heterocycles. The second-order valence-electron chi connectivity index (χ2n) is 2.09. The molecular weight excluding hydrogens is 185 g/mol. The lowest BCUT2D eigenvalue weighted by molar-refractivity contribution is 0.108. The fourth-order valence-corrected chi connectivity index (χ4v) is 1.37. The van der Waals surface area contributed by atoms with E-state index in [1.165, 1.54) is 6.20 Å². The molecule has 0 fully saturated rings. The largest absolute Gasteiger partial charge is 0.276 e. The number of hydrogen-bond donors (Lipinski definition) is 0. The van der Waals surface area contributed by atoms with Gasteiger partial charge in [-0.05, 0) is 24.1 Å². The number of aromatic nitrogens is 1. The number of nitrogens with zero attached hydrogens (tertiary/aromatic N) is 1. The maximum atomic E-state index is 10.7. The van der Waals surface area contributed by atoms with E-state index in [0.29, 0.717) is 16.1 Å². The van der Waals surface area contributed by atoms with Gasteiger partial charge in [0.1, 0.15) is 0 Å². The molecule has 0 N–H and O–H groups in total. The third-order valence-electron chi connectivity index (χ3n) is 1.29. The maximum absolute atomic E-state index is 10.7. The fourth-order valence-electron chi connectivity index (χ4n) is 0.781. The molecule has 0 aliphatic rings. The SMILES string of the molecule is Cc1cncc(Cl)c1C(=O)Cl. The Morgan fingerprint density at radius 1 is 1.55 bits per heavy atom. The van der Waals surface area contributed by atoms with Crippen LogP contribution in [0.2, 0.25) is 5.02 Å². The molecule has 58 valence electrons. The monoisotopic (exact) mass is 189 g/mol. The van der Waals surface area contributed by atoms with Crippen molar-refractivity contribution in [1.29, 1.82) is 0 Å². The second kappa shape index (κ2) is 3.20. The molecule has 0 aromatic carbocycles. The van der Waals surface area contributed by atoms with Gasteiger partial charge in [-0.1, -0.05) is 11.6 Å². The number of aryl methyl sites for hydroxylation is 1.